The Bertz CT molecular complexity index is 3280. The van der Waals surface area contributed by atoms with Crippen molar-refractivity contribution in [3.63, 3.8) is 0 Å². The predicted molar refractivity (Wildman–Crippen MR) is 318 cm³/mol. The van der Waals surface area contributed by atoms with Gasteiger partial charge in [0, 0.05) is 95.1 Å². The third-order valence-electron chi connectivity index (χ3n) is 16.8. The Morgan fingerprint density at radius 3 is 1.49 bits per heavy atom. The lowest BCUT2D eigenvalue weighted by molar-refractivity contribution is -0.193. The lowest BCUT2D eigenvalue weighted by atomic mass is 9.81. The van der Waals surface area contributed by atoms with Gasteiger partial charge in [-0.15, -0.1) is 11.6 Å². The molecule has 0 atom stereocenters. The normalized spacial score (nSPS) is 17.3. The smallest absolute Gasteiger partial charge is 0.342 e. The van der Waals surface area contributed by atoms with Gasteiger partial charge in [-0.3, -0.25) is 19.2 Å². The predicted octanol–water partition coefficient (Wildman–Crippen LogP) is 13.8. The SMILES string of the molecule is Cc1ccc2c(C3CCCCC3)c3n(c2c1)CCC(=O)N(CC(=O)N1CCCCC1)c1cc(Cl)ccc1-3.Cc1ccc2c(C3CCCCC3)c3n(c2c1)CCC(=O)Nc1cc(Cl)ccc1-3.O=C(CCl)N1CCCCC1.O=C=O.O=C=O. The minimum atomic E-state index is -0.0201. The fourth-order valence-corrected chi connectivity index (χ4v) is 13.6. The maximum absolute atomic E-state index is 13.7. The number of carbonyl (C=O) groups excluding carboxylic acids is 8. The summed E-state index contributed by atoms with van der Waals surface area (Å²) in [6, 6.07) is 25.3. The molecule has 6 heterocycles. The van der Waals surface area contributed by atoms with Crippen molar-refractivity contribution in [2.24, 2.45) is 0 Å². The second kappa shape index (κ2) is 28.9. The minimum Gasteiger partial charge on any atom is -0.342 e. The van der Waals surface area contributed by atoms with Crippen LogP contribution in [-0.2, 0) is 51.4 Å². The van der Waals surface area contributed by atoms with Crippen LogP contribution in [0.3, 0.4) is 0 Å². The number of piperidine rings is 2. The molecule has 4 fully saturated rings. The number of benzene rings is 4. The summed E-state index contributed by atoms with van der Waals surface area (Å²) in [6.45, 7) is 9.04. The van der Waals surface area contributed by atoms with Gasteiger partial charge >= 0.3 is 12.3 Å². The van der Waals surface area contributed by atoms with Gasteiger partial charge in [0.25, 0.3) is 0 Å². The van der Waals surface area contributed by atoms with Crippen molar-refractivity contribution in [1.29, 1.82) is 0 Å². The molecule has 0 unspecified atom stereocenters. The van der Waals surface area contributed by atoms with E-state index in [0.29, 0.717) is 47.8 Å². The van der Waals surface area contributed by atoms with E-state index in [-0.39, 0.29) is 48.4 Å². The number of nitrogens with one attached hydrogen (secondary N) is 1. The van der Waals surface area contributed by atoms with Crippen LogP contribution in [0, 0.1) is 13.8 Å². The van der Waals surface area contributed by atoms with E-state index in [0.717, 1.165) is 74.4 Å². The van der Waals surface area contributed by atoms with Crippen LogP contribution in [0.5, 0.6) is 0 Å². The van der Waals surface area contributed by atoms with Crippen molar-refractivity contribution >= 4 is 104 Å². The summed E-state index contributed by atoms with van der Waals surface area (Å²) in [5, 5.41) is 6.98. The first-order valence-electron chi connectivity index (χ1n) is 28.9. The molecule has 6 aliphatic rings. The number of rotatable bonds is 5. The lowest BCUT2D eigenvalue weighted by Crippen LogP contribution is -2.45. The van der Waals surface area contributed by atoms with Crippen molar-refractivity contribution in [2.45, 2.75) is 154 Å². The van der Waals surface area contributed by atoms with E-state index < -0.39 is 0 Å². The first kappa shape index (κ1) is 60.6. The van der Waals surface area contributed by atoms with E-state index >= 15 is 0 Å². The van der Waals surface area contributed by atoms with Crippen LogP contribution in [0.1, 0.15) is 150 Å². The number of likely N-dealkylation sites (tertiary alicyclic amines) is 2. The van der Waals surface area contributed by atoms with Gasteiger partial charge in [-0.2, -0.15) is 19.2 Å². The minimum absolute atomic E-state index is 0.0201. The average Bonchev–Trinajstić information content (AvgIpc) is 2.85. The highest BCUT2D eigenvalue weighted by atomic mass is 35.5. The molecule has 2 aliphatic carbocycles. The Balaban J connectivity index is 0.000000171. The first-order chi connectivity index (χ1) is 39.3. The van der Waals surface area contributed by atoms with Crippen molar-refractivity contribution in [1.82, 2.24) is 18.9 Å². The average molecular weight is 1160 g/mol. The molecule has 428 valence electrons. The van der Waals surface area contributed by atoms with Crippen molar-refractivity contribution in [2.75, 3.05) is 48.8 Å². The zero-order valence-corrected chi connectivity index (χ0v) is 48.9. The topological polar surface area (TPSA) is 168 Å². The van der Waals surface area contributed by atoms with Crippen molar-refractivity contribution in [3.8, 4) is 22.5 Å². The molecule has 1 N–H and O–H groups in total. The summed E-state index contributed by atoms with van der Waals surface area (Å²) in [7, 11) is 0. The van der Waals surface area contributed by atoms with Crippen LogP contribution < -0.4 is 10.2 Å². The van der Waals surface area contributed by atoms with Crippen LogP contribution in [0.15, 0.2) is 72.8 Å². The molecule has 2 saturated heterocycles. The maximum atomic E-state index is 13.7. The second-order valence-electron chi connectivity index (χ2n) is 22.1. The molecule has 14 nitrogen and oxygen atoms in total. The zero-order valence-electron chi connectivity index (χ0n) is 46.6. The molecule has 0 radical (unpaired) electrons. The molecular weight excluding hydrogens is 1090 g/mol. The fraction of sp³-hybridized carbons (Fsp3) is 0.469. The highest BCUT2D eigenvalue weighted by molar-refractivity contribution is 6.31. The number of nitrogens with zero attached hydrogens (tertiary/aromatic N) is 5. The van der Waals surface area contributed by atoms with Gasteiger partial charge in [0.2, 0.25) is 23.6 Å². The van der Waals surface area contributed by atoms with Gasteiger partial charge in [-0.1, -0.05) is 86.0 Å². The lowest BCUT2D eigenvalue weighted by Gasteiger charge is -2.33. The fourth-order valence-electron chi connectivity index (χ4n) is 13.1. The molecule has 0 spiro atoms. The molecule has 12 rings (SSSR count). The van der Waals surface area contributed by atoms with Crippen LogP contribution >= 0.6 is 34.8 Å². The summed E-state index contributed by atoms with van der Waals surface area (Å²) in [4.78, 5) is 88.4. The largest absolute Gasteiger partial charge is 0.373 e. The second-order valence-corrected chi connectivity index (χ2v) is 23.2. The van der Waals surface area contributed by atoms with Gasteiger partial charge < -0.3 is 29.2 Å². The molecule has 4 amide bonds. The molecule has 2 aromatic heterocycles. The van der Waals surface area contributed by atoms with E-state index in [2.05, 4.69) is 76.8 Å². The number of halogens is 3. The number of aryl methyl sites for hydroxylation is 4. The third-order valence-corrected chi connectivity index (χ3v) is 17.5. The number of hydrogen-bond acceptors (Lipinski definition) is 8. The number of anilines is 2. The molecule has 6 aromatic rings. The summed E-state index contributed by atoms with van der Waals surface area (Å²) >= 11 is 18.2. The number of alkyl halides is 1. The molecule has 0 bridgehead atoms. The molecular formula is C64H73Cl3N6O8. The molecule has 4 aromatic carbocycles. The zero-order chi connectivity index (χ0) is 57.6. The summed E-state index contributed by atoms with van der Waals surface area (Å²) in [5.74, 6) is 1.35. The Kier molecular flexibility index (Phi) is 21.6. The van der Waals surface area contributed by atoms with Crippen LogP contribution in [-0.4, -0.2) is 93.5 Å². The highest BCUT2D eigenvalue weighted by Crippen LogP contribution is 2.49. The van der Waals surface area contributed by atoms with Crippen molar-refractivity contribution in [3.05, 3.63) is 105 Å². The molecule has 81 heavy (non-hydrogen) atoms. The van der Waals surface area contributed by atoms with E-state index in [1.54, 1.807) is 4.90 Å². The molecule has 2 saturated carbocycles. The van der Waals surface area contributed by atoms with E-state index in [1.807, 2.05) is 34.1 Å². The van der Waals surface area contributed by atoms with Gasteiger partial charge in [-0.25, -0.2) is 0 Å². The first-order valence-corrected chi connectivity index (χ1v) is 30.1. The number of hydrogen-bond donors (Lipinski definition) is 1. The quantitative estimate of drug-likeness (QED) is 0.166. The van der Waals surface area contributed by atoms with Crippen LogP contribution in [0.4, 0.5) is 11.4 Å². The Morgan fingerprint density at radius 2 is 0.988 bits per heavy atom. The molecule has 17 heteroatoms. The summed E-state index contributed by atoms with van der Waals surface area (Å²) in [5.41, 5.74) is 14.0. The van der Waals surface area contributed by atoms with Gasteiger partial charge in [0.05, 0.1) is 22.8 Å². The maximum Gasteiger partial charge on any atom is 0.373 e. The summed E-state index contributed by atoms with van der Waals surface area (Å²) < 4.78 is 4.76. The third kappa shape index (κ3) is 14.4. The number of amides is 4. The van der Waals surface area contributed by atoms with Gasteiger partial charge in [0.15, 0.2) is 0 Å². The Morgan fingerprint density at radius 1 is 0.543 bits per heavy atom. The van der Waals surface area contributed by atoms with E-state index in [1.165, 1.54) is 132 Å². The standard InChI is InChI=1S/C31H36ClN3O2.C24H25ClN2O.C7H12ClNO.2CO2/c1-21-10-12-24-26(18-21)34-17-14-28(36)35(20-29(37)33-15-6-3-7-16-33)27-19-23(32)11-13-25(27)31(34)30(24)22-8-4-2-5-9-22;1-15-7-9-19-21(13-15)27-12-11-22(28)26-20-14-17(25)8-10-18(20)24(27)23(19)16-5-3-2-4-6-16;8-6-7(10)9-4-2-1-3-5-9;2*2-1-3/h10-13,18-19,22H,2-9,14-17,20H2,1H3;7-10,13-14,16H,2-6,11-12H2,1H3,(H,26,28);1-6H2;;. The monoisotopic (exact) mass is 1160 g/mol. The van der Waals surface area contributed by atoms with E-state index in [9.17, 15) is 19.2 Å². The Hall–Kier alpha value is -6.53. The van der Waals surface area contributed by atoms with Crippen LogP contribution in [0.25, 0.3) is 44.3 Å². The highest BCUT2D eigenvalue weighted by Gasteiger charge is 2.34. The number of aromatic nitrogens is 2. The van der Waals surface area contributed by atoms with Crippen molar-refractivity contribution < 1.29 is 38.4 Å². The molecule has 4 aliphatic heterocycles. The van der Waals surface area contributed by atoms with Gasteiger partial charge in [-0.05, 0) is 161 Å². The summed E-state index contributed by atoms with van der Waals surface area (Å²) in [6.07, 6.45) is 20.7. The Labute approximate surface area is 489 Å². The number of carbonyl (C=O) groups is 4. The van der Waals surface area contributed by atoms with E-state index in [4.69, 9.17) is 54.0 Å². The number of fused-ring (bicyclic) bond motifs is 10. The van der Waals surface area contributed by atoms with Gasteiger partial charge in [0.1, 0.15) is 12.4 Å². The van der Waals surface area contributed by atoms with Crippen LogP contribution in [0.2, 0.25) is 10.0 Å².